The molecule has 0 atom stereocenters. The highest BCUT2D eigenvalue weighted by Crippen LogP contribution is 2.30. The summed E-state index contributed by atoms with van der Waals surface area (Å²) in [5, 5.41) is 6.79. The number of hydrogen-bond acceptors (Lipinski definition) is 5. The van der Waals surface area contributed by atoms with E-state index in [-0.39, 0.29) is 22.8 Å². The van der Waals surface area contributed by atoms with Crippen molar-refractivity contribution in [3.63, 3.8) is 0 Å². The number of amides is 1. The van der Waals surface area contributed by atoms with Crippen molar-refractivity contribution in [3.05, 3.63) is 81.9 Å². The van der Waals surface area contributed by atoms with Gasteiger partial charge < -0.3 is 5.32 Å². The SMILES string of the molecule is CC(=O)c1cccc(NC(=O)Cn2nc3cc(C)nc(-c4ccc(C(F)(F)F)cc4)n3c2=O)c1. The smallest absolute Gasteiger partial charge is 0.324 e. The lowest BCUT2D eigenvalue weighted by molar-refractivity contribution is -0.137. The predicted octanol–water partition coefficient (Wildman–Crippen LogP) is 3.73. The lowest BCUT2D eigenvalue weighted by atomic mass is 10.1. The van der Waals surface area contributed by atoms with Gasteiger partial charge >= 0.3 is 11.9 Å². The van der Waals surface area contributed by atoms with Gasteiger partial charge in [-0.3, -0.25) is 9.59 Å². The van der Waals surface area contributed by atoms with Crippen LogP contribution < -0.4 is 11.0 Å². The molecule has 11 heteroatoms. The van der Waals surface area contributed by atoms with E-state index in [0.717, 1.165) is 21.2 Å². The fourth-order valence-corrected chi connectivity index (χ4v) is 3.41. The quantitative estimate of drug-likeness (QED) is 0.449. The summed E-state index contributed by atoms with van der Waals surface area (Å²) >= 11 is 0. The van der Waals surface area contributed by atoms with Gasteiger partial charge in [-0.15, -0.1) is 5.10 Å². The highest BCUT2D eigenvalue weighted by atomic mass is 19.4. The number of alkyl halides is 3. The maximum Gasteiger partial charge on any atom is 0.416 e. The van der Waals surface area contributed by atoms with Crippen molar-refractivity contribution in [3.8, 4) is 11.4 Å². The van der Waals surface area contributed by atoms with Crippen LogP contribution in [0, 0.1) is 6.92 Å². The van der Waals surface area contributed by atoms with Crippen LogP contribution >= 0.6 is 0 Å². The molecular weight excluding hydrogens is 451 g/mol. The highest BCUT2D eigenvalue weighted by Gasteiger charge is 2.30. The number of aromatic nitrogens is 4. The second-order valence-electron chi connectivity index (χ2n) is 7.62. The van der Waals surface area contributed by atoms with E-state index in [0.29, 0.717) is 16.9 Å². The zero-order valence-corrected chi connectivity index (χ0v) is 18.1. The first-order valence-corrected chi connectivity index (χ1v) is 10.1. The molecule has 4 aromatic rings. The van der Waals surface area contributed by atoms with Gasteiger partial charge in [-0.05, 0) is 38.1 Å². The number of rotatable bonds is 5. The second-order valence-corrected chi connectivity index (χ2v) is 7.62. The van der Waals surface area contributed by atoms with Gasteiger partial charge in [0.1, 0.15) is 12.4 Å². The fraction of sp³-hybridized carbons (Fsp3) is 0.174. The molecule has 1 amide bonds. The maximum atomic E-state index is 13.0. The number of hydrogen-bond donors (Lipinski definition) is 1. The van der Waals surface area contributed by atoms with E-state index in [1.807, 2.05) is 0 Å². The van der Waals surface area contributed by atoms with E-state index >= 15 is 0 Å². The minimum atomic E-state index is -4.49. The number of nitrogens with one attached hydrogen (secondary N) is 1. The van der Waals surface area contributed by atoms with Crippen LogP contribution in [0.5, 0.6) is 0 Å². The largest absolute Gasteiger partial charge is 0.416 e. The monoisotopic (exact) mass is 469 g/mol. The Balaban J connectivity index is 1.66. The minimum absolute atomic E-state index is 0.106. The van der Waals surface area contributed by atoms with Crippen molar-refractivity contribution in [2.45, 2.75) is 26.6 Å². The van der Waals surface area contributed by atoms with E-state index in [2.05, 4.69) is 15.4 Å². The van der Waals surface area contributed by atoms with Gasteiger partial charge in [0.2, 0.25) is 5.91 Å². The first-order chi connectivity index (χ1) is 16.0. The molecule has 34 heavy (non-hydrogen) atoms. The van der Waals surface area contributed by atoms with Gasteiger partial charge in [0.05, 0.1) is 5.56 Å². The molecule has 0 unspecified atom stereocenters. The third-order valence-electron chi connectivity index (χ3n) is 5.01. The summed E-state index contributed by atoms with van der Waals surface area (Å²) in [6.07, 6.45) is -4.49. The van der Waals surface area contributed by atoms with Gasteiger partial charge in [0.25, 0.3) is 0 Å². The van der Waals surface area contributed by atoms with Crippen LogP contribution in [0.4, 0.5) is 18.9 Å². The summed E-state index contributed by atoms with van der Waals surface area (Å²) in [6.45, 7) is 2.64. The molecule has 2 aromatic heterocycles. The molecule has 8 nitrogen and oxygen atoms in total. The predicted molar refractivity (Wildman–Crippen MR) is 117 cm³/mol. The summed E-state index contributed by atoms with van der Waals surface area (Å²) < 4.78 is 40.8. The Morgan fingerprint density at radius 2 is 1.76 bits per heavy atom. The van der Waals surface area contributed by atoms with Crippen LogP contribution in [0.2, 0.25) is 0 Å². The lowest BCUT2D eigenvalue weighted by Gasteiger charge is -2.08. The summed E-state index contributed by atoms with van der Waals surface area (Å²) in [6, 6.07) is 12.1. The van der Waals surface area contributed by atoms with Crippen LogP contribution in [0.15, 0.2) is 59.4 Å². The molecule has 0 saturated heterocycles. The number of ketones is 1. The molecule has 0 aliphatic carbocycles. The van der Waals surface area contributed by atoms with Crippen molar-refractivity contribution < 1.29 is 22.8 Å². The van der Waals surface area contributed by atoms with E-state index in [4.69, 9.17) is 0 Å². The van der Waals surface area contributed by atoms with E-state index in [1.54, 1.807) is 25.1 Å². The summed E-state index contributed by atoms with van der Waals surface area (Å²) in [7, 11) is 0. The number of carbonyl (C=O) groups is 2. The maximum absolute atomic E-state index is 13.0. The molecule has 0 fully saturated rings. The number of anilines is 1. The Bertz CT molecular complexity index is 1470. The third-order valence-corrected chi connectivity index (χ3v) is 5.01. The zero-order valence-electron chi connectivity index (χ0n) is 18.1. The van der Waals surface area contributed by atoms with Crippen molar-refractivity contribution >= 4 is 23.0 Å². The number of halogens is 3. The molecule has 0 radical (unpaired) electrons. The second kappa shape index (κ2) is 8.58. The van der Waals surface area contributed by atoms with Crippen molar-refractivity contribution in [2.24, 2.45) is 0 Å². The van der Waals surface area contributed by atoms with Crippen LogP contribution in [0.25, 0.3) is 17.0 Å². The molecule has 4 rings (SSSR count). The summed E-state index contributed by atoms with van der Waals surface area (Å²) in [5.41, 5.74) is 0.277. The zero-order chi connectivity index (χ0) is 24.6. The third kappa shape index (κ3) is 4.58. The number of Topliss-reactive ketones (excluding diaryl/α,β-unsaturated/α-hetero) is 1. The Morgan fingerprint density at radius 1 is 1.06 bits per heavy atom. The number of fused-ring (bicyclic) bond motifs is 1. The molecule has 2 aromatic carbocycles. The lowest BCUT2D eigenvalue weighted by Crippen LogP contribution is -2.28. The summed E-state index contributed by atoms with van der Waals surface area (Å²) in [5.74, 6) is -0.604. The van der Waals surface area contributed by atoms with E-state index < -0.39 is 29.9 Å². The Labute approximate surface area is 190 Å². The molecule has 0 aliphatic rings. The standard InChI is InChI=1S/C23H18F3N5O3/c1-13-10-19-29-30(12-20(33)28-18-5-3-4-16(11-18)14(2)32)22(34)31(19)21(27-13)15-6-8-17(9-7-15)23(24,25)26/h3-11H,12H2,1-2H3,(H,28,33). The molecule has 0 saturated carbocycles. The molecule has 0 bridgehead atoms. The number of nitrogens with zero attached hydrogens (tertiary/aromatic N) is 4. The topological polar surface area (TPSA) is 98.4 Å². The van der Waals surface area contributed by atoms with Crippen LogP contribution in [0.1, 0.15) is 28.5 Å². The molecule has 2 heterocycles. The van der Waals surface area contributed by atoms with Gasteiger partial charge in [-0.1, -0.05) is 24.3 Å². The number of aryl methyl sites for hydroxylation is 1. The fourth-order valence-electron chi connectivity index (χ4n) is 3.41. The van der Waals surface area contributed by atoms with Crippen molar-refractivity contribution in [1.82, 2.24) is 19.2 Å². The molecule has 1 N–H and O–H groups in total. The van der Waals surface area contributed by atoms with Crippen LogP contribution in [-0.2, 0) is 17.5 Å². The Kier molecular flexibility index (Phi) is 5.78. The van der Waals surface area contributed by atoms with E-state index in [9.17, 15) is 27.6 Å². The minimum Gasteiger partial charge on any atom is -0.324 e. The number of benzene rings is 2. The van der Waals surface area contributed by atoms with Gasteiger partial charge in [-0.2, -0.15) is 13.2 Å². The van der Waals surface area contributed by atoms with Crippen LogP contribution in [-0.4, -0.2) is 30.9 Å². The molecule has 174 valence electrons. The number of carbonyl (C=O) groups excluding carboxylic acids is 2. The molecular formula is C23H18F3N5O3. The highest BCUT2D eigenvalue weighted by molar-refractivity contribution is 5.97. The Hall–Kier alpha value is -4.28. The van der Waals surface area contributed by atoms with E-state index in [1.165, 1.54) is 31.2 Å². The van der Waals surface area contributed by atoms with Gasteiger partial charge in [-0.25, -0.2) is 18.9 Å². The van der Waals surface area contributed by atoms with Crippen molar-refractivity contribution in [2.75, 3.05) is 5.32 Å². The molecule has 0 spiro atoms. The first-order valence-electron chi connectivity index (χ1n) is 10.1. The van der Waals surface area contributed by atoms with Gasteiger partial charge in [0.15, 0.2) is 11.4 Å². The first kappa shape index (κ1) is 22.9. The Morgan fingerprint density at radius 3 is 2.41 bits per heavy atom. The van der Waals surface area contributed by atoms with Gasteiger partial charge in [0, 0.05) is 28.6 Å². The van der Waals surface area contributed by atoms with Crippen molar-refractivity contribution in [1.29, 1.82) is 0 Å². The summed E-state index contributed by atoms with van der Waals surface area (Å²) in [4.78, 5) is 41.4. The average molecular weight is 469 g/mol. The normalized spacial score (nSPS) is 11.6. The average Bonchev–Trinajstić information content (AvgIpc) is 3.07. The van der Waals surface area contributed by atoms with Crippen LogP contribution in [0.3, 0.4) is 0 Å². The molecule has 0 aliphatic heterocycles.